The molecule has 134 valence electrons. The number of nitrogens with zero attached hydrogens (tertiary/aromatic N) is 1. The molecule has 0 radical (unpaired) electrons. The minimum atomic E-state index is -4.56. The molecular formula is C16H19BrF3NO3. The van der Waals surface area contributed by atoms with Gasteiger partial charge in [-0.15, -0.1) is 0 Å². The number of ether oxygens (including phenoxy) is 2. The maximum absolute atomic E-state index is 13.1. The molecule has 0 unspecified atom stereocenters. The van der Waals surface area contributed by atoms with Crippen molar-refractivity contribution >= 4 is 21.9 Å². The van der Waals surface area contributed by atoms with Crippen molar-refractivity contribution in [1.82, 2.24) is 4.98 Å². The average Bonchev–Trinajstić information content (AvgIpc) is 2.47. The van der Waals surface area contributed by atoms with E-state index in [1.807, 2.05) is 0 Å². The fraction of sp³-hybridized carbons (Fsp3) is 0.625. The molecule has 8 heteroatoms. The maximum Gasteiger partial charge on any atom is 0.421 e. The molecule has 1 fully saturated rings. The van der Waals surface area contributed by atoms with Crippen molar-refractivity contribution in [2.24, 2.45) is 5.92 Å². The van der Waals surface area contributed by atoms with E-state index in [1.54, 1.807) is 13.8 Å². The van der Waals surface area contributed by atoms with E-state index in [4.69, 9.17) is 9.47 Å². The molecule has 1 saturated carbocycles. The first-order valence-electron chi connectivity index (χ1n) is 7.76. The summed E-state index contributed by atoms with van der Waals surface area (Å²) in [6, 6.07) is 0.940. The van der Waals surface area contributed by atoms with Crippen molar-refractivity contribution in [3.05, 3.63) is 22.3 Å². The van der Waals surface area contributed by atoms with Gasteiger partial charge < -0.3 is 9.47 Å². The van der Waals surface area contributed by atoms with Crippen molar-refractivity contribution < 1.29 is 27.4 Å². The normalized spacial score (nSPS) is 21.6. The summed E-state index contributed by atoms with van der Waals surface area (Å²) in [5.41, 5.74) is -0.927. The van der Waals surface area contributed by atoms with Crippen LogP contribution in [-0.2, 0) is 15.7 Å². The Morgan fingerprint density at radius 2 is 2.08 bits per heavy atom. The third-order valence-electron chi connectivity index (χ3n) is 3.71. The third kappa shape index (κ3) is 5.09. The van der Waals surface area contributed by atoms with Crippen molar-refractivity contribution in [3.8, 4) is 5.88 Å². The zero-order valence-electron chi connectivity index (χ0n) is 13.4. The van der Waals surface area contributed by atoms with Gasteiger partial charge in [0.25, 0.3) is 0 Å². The zero-order chi connectivity index (χ0) is 17.9. The van der Waals surface area contributed by atoms with Crippen LogP contribution >= 0.6 is 15.9 Å². The van der Waals surface area contributed by atoms with Crippen LogP contribution in [0.25, 0.3) is 0 Å². The Kier molecular flexibility index (Phi) is 6.11. The van der Waals surface area contributed by atoms with E-state index >= 15 is 0 Å². The number of hydrogen-bond acceptors (Lipinski definition) is 4. The fourth-order valence-corrected chi connectivity index (χ4v) is 3.01. The summed E-state index contributed by atoms with van der Waals surface area (Å²) in [6.45, 7) is 3.52. The van der Waals surface area contributed by atoms with Gasteiger partial charge >= 0.3 is 12.1 Å². The van der Waals surface area contributed by atoms with E-state index in [1.165, 1.54) is 6.20 Å². The second-order valence-electron chi connectivity index (χ2n) is 6.09. The van der Waals surface area contributed by atoms with Gasteiger partial charge in [-0.2, -0.15) is 13.2 Å². The van der Waals surface area contributed by atoms with Gasteiger partial charge in [0, 0.05) is 10.7 Å². The van der Waals surface area contributed by atoms with E-state index in [2.05, 4.69) is 20.9 Å². The number of pyridine rings is 1. The lowest BCUT2D eigenvalue weighted by molar-refractivity contribution is -0.155. The molecule has 0 aromatic carbocycles. The number of esters is 1. The number of hydrogen-bond donors (Lipinski definition) is 0. The molecule has 0 N–H and O–H groups in total. The first kappa shape index (κ1) is 19.0. The van der Waals surface area contributed by atoms with Crippen LogP contribution in [-0.4, -0.2) is 23.2 Å². The highest BCUT2D eigenvalue weighted by atomic mass is 79.9. The lowest BCUT2D eigenvalue weighted by atomic mass is 9.87. The summed E-state index contributed by atoms with van der Waals surface area (Å²) in [6.07, 6.45) is -1.73. The number of aromatic nitrogens is 1. The summed E-state index contributed by atoms with van der Waals surface area (Å²) < 4.78 is 50.3. The molecule has 1 aliphatic carbocycles. The summed E-state index contributed by atoms with van der Waals surface area (Å²) >= 11 is 2.99. The van der Waals surface area contributed by atoms with E-state index in [-0.39, 0.29) is 22.5 Å². The van der Waals surface area contributed by atoms with E-state index in [9.17, 15) is 18.0 Å². The Hall–Kier alpha value is -1.31. The summed E-state index contributed by atoms with van der Waals surface area (Å²) in [5.74, 6) is -1.12. The molecule has 2 atom stereocenters. The standard InChI is InChI=1S/C16H19BrF3NO3/c1-9(2)23-15(22)10-4-3-5-12(6-10)24-14-13(16(18,19)20)7-11(17)8-21-14/h7-10,12H,3-6H2,1-2H3/t10-,12-/m0/s1. The molecular weight excluding hydrogens is 391 g/mol. The Bertz CT molecular complexity index is 592. The lowest BCUT2D eigenvalue weighted by Crippen LogP contribution is -2.32. The van der Waals surface area contributed by atoms with Gasteiger partial charge in [0.15, 0.2) is 0 Å². The average molecular weight is 410 g/mol. The van der Waals surface area contributed by atoms with Crippen LogP contribution in [0.1, 0.15) is 45.1 Å². The van der Waals surface area contributed by atoms with E-state index in [0.29, 0.717) is 25.7 Å². The Labute approximate surface area is 146 Å². The van der Waals surface area contributed by atoms with Crippen molar-refractivity contribution in [3.63, 3.8) is 0 Å². The van der Waals surface area contributed by atoms with Crippen molar-refractivity contribution in [2.75, 3.05) is 0 Å². The van der Waals surface area contributed by atoms with Gasteiger partial charge in [0.1, 0.15) is 11.7 Å². The molecule has 4 nitrogen and oxygen atoms in total. The van der Waals surface area contributed by atoms with Crippen LogP contribution in [0.5, 0.6) is 5.88 Å². The second kappa shape index (κ2) is 7.72. The molecule has 2 rings (SSSR count). The van der Waals surface area contributed by atoms with Gasteiger partial charge in [-0.05, 0) is 61.5 Å². The van der Waals surface area contributed by atoms with Gasteiger partial charge in [-0.1, -0.05) is 0 Å². The number of carbonyl (C=O) groups is 1. The Balaban J connectivity index is 2.10. The van der Waals surface area contributed by atoms with Crippen LogP contribution in [0.3, 0.4) is 0 Å². The van der Waals surface area contributed by atoms with Gasteiger partial charge in [-0.3, -0.25) is 4.79 Å². The second-order valence-corrected chi connectivity index (χ2v) is 7.01. The van der Waals surface area contributed by atoms with Crippen molar-refractivity contribution in [1.29, 1.82) is 0 Å². The van der Waals surface area contributed by atoms with Crippen LogP contribution in [0.4, 0.5) is 13.2 Å². The minimum Gasteiger partial charge on any atom is -0.474 e. The van der Waals surface area contributed by atoms with Gasteiger partial charge in [0.2, 0.25) is 5.88 Å². The molecule has 1 aromatic heterocycles. The van der Waals surface area contributed by atoms with E-state index < -0.39 is 23.7 Å². The molecule has 24 heavy (non-hydrogen) atoms. The minimum absolute atomic E-state index is 0.219. The highest BCUT2D eigenvalue weighted by molar-refractivity contribution is 9.10. The maximum atomic E-state index is 13.1. The highest BCUT2D eigenvalue weighted by Gasteiger charge is 2.37. The molecule has 0 bridgehead atoms. The number of carbonyl (C=O) groups excluding carboxylic acids is 1. The Morgan fingerprint density at radius 1 is 1.38 bits per heavy atom. The molecule has 1 aromatic rings. The predicted octanol–water partition coefficient (Wildman–Crippen LogP) is 4.75. The molecule has 0 amide bonds. The SMILES string of the molecule is CC(C)OC(=O)[C@H]1CCC[C@H](Oc2ncc(Br)cc2C(F)(F)F)C1. The van der Waals surface area contributed by atoms with E-state index in [0.717, 1.165) is 6.07 Å². The van der Waals surface area contributed by atoms with Crippen LogP contribution in [0.15, 0.2) is 16.7 Å². The monoisotopic (exact) mass is 409 g/mol. The highest BCUT2D eigenvalue weighted by Crippen LogP contribution is 2.38. The first-order valence-corrected chi connectivity index (χ1v) is 8.56. The topological polar surface area (TPSA) is 48.4 Å². The molecule has 0 spiro atoms. The molecule has 1 heterocycles. The van der Waals surface area contributed by atoms with Crippen molar-refractivity contribution in [2.45, 2.75) is 57.9 Å². The third-order valence-corrected chi connectivity index (χ3v) is 4.15. The predicted molar refractivity (Wildman–Crippen MR) is 84.5 cm³/mol. The van der Waals surface area contributed by atoms with Gasteiger partial charge in [0.05, 0.1) is 12.0 Å². The van der Waals surface area contributed by atoms with Crippen LogP contribution < -0.4 is 4.74 Å². The summed E-state index contributed by atoms with van der Waals surface area (Å²) in [7, 11) is 0. The fourth-order valence-electron chi connectivity index (χ4n) is 2.68. The first-order chi connectivity index (χ1) is 11.2. The van der Waals surface area contributed by atoms with Crippen LogP contribution in [0.2, 0.25) is 0 Å². The number of alkyl halides is 3. The number of rotatable bonds is 4. The number of halogens is 4. The van der Waals surface area contributed by atoms with Crippen LogP contribution in [0, 0.1) is 5.92 Å². The smallest absolute Gasteiger partial charge is 0.421 e. The zero-order valence-corrected chi connectivity index (χ0v) is 15.0. The Morgan fingerprint density at radius 3 is 2.71 bits per heavy atom. The summed E-state index contributed by atoms with van der Waals surface area (Å²) in [4.78, 5) is 15.7. The molecule has 0 saturated heterocycles. The largest absolute Gasteiger partial charge is 0.474 e. The lowest BCUT2D eigenvalue weighted by Gasteiger charge is -2.29. The van der Waals surface area contributed by atoms with Gasteiger partial charge in [-0.25, -0.2) is 4.98 Å². The molecule has 0 aliphatic heterocycles. The summed E-state index contributed by atoms with van der Waals surface area (Å²) in [5, 5.41) is 0. The molecule has 1 aliphatic rings. The quantitative estimate of drug-likeness (QED) is 0.673.